The standard InChI is InChI=1S/C30H31BN2O2/c1-3-27(22-11-14-26(31-2)15-12-22)30(23-9-7-21(20-34)8-10-23)24-13-16-28-25(18-24)19-32-33(28)29-6-4-5-17-35-29/h7-16,18-20,29,31H,3-6,17H2,1-2H3/b30-27+. The van der Waals surface area contributed by atoms with E-state index >= 15 is 0 Å². The van der Waals surface area contributed by atoms with Gasteiger partial charge in [-0.05, 0) is 65.7 Å². The average Bonchev–Trinajstić information content (AvgIpc) is 3.36. The number of carbonyl (C=O) groups is 1. The molecule has 0 amide bonds. The number of hydrogen-bond acceptors (Lipinski definition) is 3. The number of aromatic nitrogens is 2. The molecule has 1 saturated heterocycles. The number of rotatable bonds is 7. The van der Waals surface area contributed by atoms with E-state index in [9.17, 15) is 4.79 Å². The van der Waals surface area contributed by atoms with Gasteiger partial charge in [-0.25, -0.2) is 4.68 Å². The van der Waals surface area contributed by atoms with E-state index in [4.69, 9.17) is 9.84 Å². The van der Waals surface area contributed by atoms with Crippen molar-refractivity contribution in [2.75, 3.05) is 6.61 Å². The first-order valence-electron chi connectivity index (χ1n) is 12.7. The van der Waals surface area contributed by atoms with E-state index in [1.165, 1.54) is 28.6 Å². The van der Waals surface area contributed by atoms with Crippen LogP contribution in [-0.2, 0) is 4.74 Å². The molecule has 176 valence electrons. The number of carbonyl (C=O) groups excluding carboxylic acids is 1. The number of fused-ring (bicyclic) bond motifs is 1. The molecule has 1 atom stereocenters. The Balaban J connectivity index is 1.65. The van der Waals surface area contributed by atoms with E-state index in [0.717, 1.165) is 61.5 Å². The lowest BCUT2D eigenvalue weighted by atomic mass is 9.73. The number of aldehydes is 1. The summed E-state index contributed by atoms with van der Waals surface area (Å²) in [6.07, 6.45) is 7.04. The van der Waals surface area contributed by atoms with E-state index in [0.29, 0.717) is 5.56 Å². The van der Waals surface area contributed by atoms with Gasteiger partial charge in [0.25, 0.3) is 0 Å². The zero-order chi connectivity index (χ0) is 24.2. The fourth-order valence-electron chi connectivity index (χ4n) is 5.07. The summed E-state index contributed by atoms with van der Waals surface area (Å²) in [6, 6.07) is 23.4. The molecule has 4 nitrogen and oxygen atoms in total. The Hall–Kier alpha value is -3.44. The van der Waals surface area contributed by atoms with E-state index in [1.807, 2.05) is 23.0 Å². The fourth-order valence-corrected chi connectivity index (χ4v) is 5.07. The third-order valence-electron chi connectivity index (χ3n) is 7.01. The largest absolute Gasteiger partial charge is 0.356 e. The molecular formula is C30H31BN2O2. The molecule has 1 aliphatic heterocycles. The molecule has 1 aromatic heterocycles. The molecule has 2 heterocycles. The Bertz CT molecular complexity index is 1350. The number of nitrogens with zero attached hydrogens (tertiary/aromatic N) is 2. The van der Waals surface area contributed by atoms with Gasteiger partial charge < -0.3 is 4.74 Å². The number of benzene rings is 3. The van der Waals surface area contributed by atoms with Gasteiger partial charge in [0, 0.05) is 17.6 Å². The zero-order valence-corrected chi connectivity index (χ0v) is 20.5. The summed E-state index contributed by atoms with van der Waals surface area (Å²) in [5, 5.41) is 5.80. The van der Waals surface area contributed by atoms with Crippen molar-refractivity contribution in [1.29, 1.82) is 0 Å². The van der Waals surface area contributed by atoms with E-state index in [1.54, 1.807) is 0 Å². The third-order valence-corrected chi connectivity index (χ3v) is 7.01. The summed E-state index contributed by atoms with van der Waals surface area (Å²) in [5.74, 6) is 0. The lowest BCUT2D eigenvalue weighted by Crippen LogP contribution is -2.18. The lowest BCUT2D eigenvalue weighted by molar-refractivity contribution is -0.0366. The van der Waals surface area contributed by atoms with E-state index in [2.05, 4.69) is 68.3 Å². The monoisotopic (exact) mass is 462 g/mol. The Morgan fingerprint density at radius 2 is 1.77 bits per heavy atom. The van der Waals surface area contributed by atoms with Gasteiger partial charge in [0.1, 0.15) is 6.29 Å². The van der Waals surface area contributed by atoms with Gasteiger partial charge in [-0.15, -0.1) is 0 Å². The van der Waals surface area contributed by atoms with Gasteiger partial charge in [0.05, 0.1) is 11.7 Å². The van der Waals surface area contributed by atoms with Crippen LogP contribution in [0.5, 0.6) is 0 Å². The van der Waals surface area contributed by atoms with Crippen LogP contribution in [0.25, 0.3) is 22.0 Å². The van der Waals surface area contributed by atoms with Crippen LogP contribution in [0.3, 0.4) is 0 Å². The maximum absolute atomic E-state index is 11.3. The van der Waals surface area contributed by atoms with Gasteiger partial charge in [0.15, 0.2) is 13.5 Å². The first-order valence-corrected chi connectivity index (χ1v) is 12.7. The van der Waals surface area contributed by atoms with Crippen molar-refractivity contribution in [2.45, 2.75) is 45.7 Å². The molecule has 5 heteroatoms. The molecule has 0 spiro atoms. The van der Waals surface area contributed by atoms with Crippen LogP contribution in [0.2, 0.25) is 6.82 Å². The minimum absolute atomic E-state index is 0.0151. The van der Waals surface area contributed by atoms with Crippen LogP contribution < -0.4 is 5.46 Å². The highest BCUT2D eigenvalue weighted by Crippen LogP contribution is 2.36. The molecule has 0 radical (unpaired) electrons. The normalized spacial score (nSPS) is 16.7. The Morgan fingerprint density at radius 1 is 1.03 bits per heavy atom. The Morgan fingerprint density at radius 3 is 2.43 bits per heavy atom. The van der Waals surface area contributed by atoms with Crippen molar-refractivity contribution in [2.24, 2.45) is 0 Å². The fraction of sp³-hybridized carbons (Fsp3) is 0.267. The predicted octanol–water partition coefficient (Wildman–Crippen LogP) is 6.03. The SMILES string of the molecule is CBc1ccc(/C(CC)=C(\c2ccc(C=O)cc2)c2ccc3c(cnn3C3CCCCO3)c2)cc1. The van der Waals surface area contributed by atoms with Crippen molar-refractivity contribution >= 4 is 41.1 Å². The maximum Gasteiger partial charge on any atom is 0.154 e. The van der Waals surface area contributed by atoms with Crippen molar-refractivity contribution < 1.29 is 9.53 Å². The number of hydrogen-bond donors (Lipinski definition) is 0. The van der Waals surface area contributed by atoms with Crippen LogP contribution in [0.15, 0.2) is 72.9 Å². The summed E-state index contributed by atoms with van der Waals surface area (Å²) >= 11 is 0. The molecule has 4 aromatic rings. The van der Waals surface area contributed by atoms with Crippen molar-refractivity contribution in [3.05, 3.63) is 95.2 Å². The number of allylic oxidation sites excluding steroid dienone is 1. The summed E-state index contributed by atoms with van der Waals surface area (Å²) in [4.78, 5) is 11.3. The van der Waals surface area contributed by atoms with E-state index < -0.39 is 0 Å². The predicted molar refractivity (Wildman–Crippen MR) is 146 cm³/mol. The summed E-state index contributed by atoms with van der Waals surface area (Å²) in [6.45, 7) is 5.18. The molecule has 0 N–H and O–H groups in total. The van der Waals surface area contributed by atoms with E-state index in [-0.39, 0.29) is 6.23 Å². The molecule has 1 unspecified atom stereocenters. The Kier molecular flexibility index (Phi) is 6.96. The second kappa shape index (κ2) is 10.4. The third kappa shape index (κ3) is 4.74. The molecular weight excluding hydrogens is 431 g/mol. The highest BCUT2D eigenvalue weighted by Gasteiger charge is 2.20. The molecule has 35 heavy (non-hydrogen) atoms. The number of ether oxygens (including phenoxy) is 1. The second-order valence-corrected chi connectivity index (χ2v) is 9.18. The molecule has 1 fully saturated rings. The summed E-state index contributed by atoms with van der Waals surface area (Å²) in [5.41, 5.74) is 9.08. The molecule has 0 bridgehead atoms. The second-order valence-electron chi connectivity index (χ2n) is 9.18. The van der Waals surface area contributed by atoms with Crippen molar-refractivity contribution in [1.82, 2.24) is 9.78 Å². The first kappa shape index (κ1) is 23.3. The molecule has 5 rings (SSSR count). The van der Waals surface area contributed by atoms with Crippen LogP contribution >= 0.6 is 0 Å². The summed E-state index contributed by atoms with van der Waals surface area (Å²) < 4.78 is 8.03. The van der Waals surface area contributed by atoms with Crippen LogP contribution in [0.1, 0.15) is 65.9 Å². The maximum atomic E-state index is 11.3. The van der Waals surface area contributed by atoms with Crippen molar-refractivity contribution in [3.8, 4) is 0 Å². The first-order chi connectivity index (χ1) is 17.2. The smallest absolute Gasteiger partial charge is 0.154 e. The molecule has 0 saturated carbocycles. The van der Waals surface area contributed by atoms with Gasteiger partial charge >= 0.3 is 0 Å². The lowest BCUT2D eigenvalue weighted by Gasteiger charge is -2.23. The van der Waals surface area contributed by atoms with Crippen molar-refractivity contribution in [3.63, 3.8) is 0 Å². The average molecular weight is 462 g/mol. The topological polar surface area (TPSA) is 44.1 Å². The van der Waals surface area contributed by atoms with Gasteiger partial charge in [0.2, 0.25) is 0 Å². The van der Waals surface area contributed by atoms with Crippen LogP contribution in [0, 0.1) is 0 Å². The van der Waals surface area contributed by atoms with Crippen LogP contribution in [-0.4, -0.2) is 30.0 Å². The van der Waals surface area contributed by atoms with Gasteiger partial charge in [-0.2, -0.15) is 5.10 Å². The zero-order valence-electron chi connectivity index (χ0n) is 20.5. The minimum atomic E-state index is 0.0151. The van der Waals surface area contributed by atoms with Gasteiger partial charge in [-0.1, -0.05) is 73.8 Å². The van der Waals surface area contributed by atoms with Crippen LogP contribution in [0.4, 0.5) is 0 Å². The van der Waals surface area contributed by atoms with Gasteiger partial charge in [-0.3, -0.25) is 4.79 Å². The quantitative estimate of drug-likeness (QED) is 0.192. The minimum Gasteiger partial charge on any atom is -0.356 e. The Labute approximate surface area is 207 Å². The molecule has 0 aliphatic carbocycles. The molecule has 1 aliphatic rings. The highest BCUT2D eigenvalue weighted by atomic mass is 16.5. The highest BCUT2D eigenvalue weighted by molar-refractivity contribution is 6.51. The summed E-state index contributed by atoms with van der Waals surface area (Å²) in [7, 11) is 1.02. The molecule has 3 aromatic carbocycles.